The van der Waals surface area contributed by atoms with E-state index in [2.05, 4.69) is 13.0 Å². The molecule has 0 aliphatic rings. The molecule has 0 fully saturated rings. The summed E-state index contributed by atoms with van der Waals surface area (Å²) in [5, 5.41) is 8.89. The van der Waals surface area contributed by atoms with Gasteiger partial charge in [0.25, 0.3) is 0 Å². The van der Waals surface area contributed by atoms with Gasteiger partial charge in [0.1, 0.15) is 6.54 Å². The standard InChI is InChI=1S/C17H29NO4/c1-5-6-7-8-9-10-11-12-17(21)22-15(13-16(19)20)14-18(2,3)4/h7-10,15H,5-6,11-14H2,1-4H3/p+1/b8-7+,10-9+. The number of hydrogen-bond acceptors (Lipinski definition) is 3. The lowest BCUT2D eigenvalue weighted by atomic mass is 10.2. The van der Waals surface area contributed by atoms with Crippen molar-refractivity contribution in [1.82, 2.24) is 0 Å². The first-order chi connectivity index (χ1) is 10.2. The average molecular weight is 312 g/mol. The van der Waals surface area contributed by atoms with Gasteiger partial charge in [-0.25, -0.2) is 0 Å². The molecule has 0 aliphatic heterocycles. The zero-order valence-electron chi connectivity index (χ0n) is 14.2. The number of carbonyl (C=O) groups is 2. The summed E-state index contributed by atoms with van der Waals surface area (Å²) in [6, 6.07) is 0. The second kappa shape index (κ2) is 11.0. The van der Waals surface area contributed by atoms with Crippen LogP contribution in [0.3, 0.4) is 0 Å². The molecule has 0 saturated carbocycles. The Morgan fingerprint density at radius 1 is 1.14 bits per heavy atom. The Hall–Kier alpha value is -1.62. The lowest BCUT2D eigenvalue weighted by Crippen LogP contribution is -2.43. The summed E-state index contributed by atoms with van der Waals surface area (Å²) in [5.74, 6) is -1.30. The van der Waals surface area contributed by atoms with Crippen molar-refractivity contribution in [3.8, 4) is 0 Å². The minimum absolute atomic E-state index is 0.156. The van der Waals surface area contributed by atoms with Crippen molar-refractivity contribution in [3.05, 3.63) is 24.3 Å². The van der Waals surface area contributed by atoms with Gasteiger partial charge < -0.3 is 14.3 Å². The SMILES string of the molecule is CCC/C=C/C=C/CCC(=O)OC(CC(=O)O)C[N+](C)(C)C. The number of likely N-dealkylation sites (N-methyl/N-ethyl adjacent to an activating group) is 1. The van der Waals surface area contributed by atoms with Crippen molar-refractivity contribution in [3.63, 3.8) is 0 Å². The van der Waals surface area contributed by atoms with Crippen molar-refractivity contribution in [2.24, 2.45) is 0 Å². The predicted octanol–water partition coefficient (Wildman–Crippen LogP) is 2.77. The number of aliphatic carboxylic acids is 1. The highest BCUT2D eigenvalue weighted by atomic mass is 16.5. The van der Waals surface area contributed by atoms with Crippen LogP contribution in [0.25, 0.3) is 0 Å². The van der Waals surface area contributed by atoms with Crippen LogP contribution in [-0.4, -0.2) is 55.3 Å². The van der Waals surface area contributed by atoms with Crippen LogP contribution in [0, 0.1) is 0 Å². The molecule has 0 saturated heterocycles. The van der Waals surface area contributed by atoms with Crippen LogP contribution in [0.4, 0.5) is 0 Å². The minimum Gasteiger partial charge on any atom is -0.481 e. The molecule has 5 heteroatoms. The largest absolute Gasteiger partial charge is 0.481 e. The molecule has 0 rings (SSSR count). The molecule has 0 radical (unpaired) electrons. The quantitative estimate of drug-likeness (QED) is 0.362. The molecule has 1 atom stereocenters. The number of rotatable bonds is 11. The van der Waals surface area contributed by atoms with Crippen LogP contribution < -0.4 is 0 Å². The molecule has 0 aromatic rings. The molecule has 0 bridgehead atoms. The van der Waals surface area contributed by atoms with Gasteiger partial charge in [-0.3, -0.25) is 9.59 Å². The van der Waals surface area contributed by atoms with Gasteiger partial charge in [0.15, 0.2) is 6.10 Å². The van der Waals surface area contributed by atoms with E-state index in [-0.39, 0.29) is 18.8 Å². The summed E-state index contributed by atoms with van der Waals surface area (Å²) < 4.78 is 5.84. The third-order valence-electron chi connectivity index (χ3n) is 2.81. The molecule has 0 heterocycles. The molecule has 5 nitrogen and oxygen atoms in total. The Labute approximate surface area is 133 Å². The third-order valence-corrected chi connectivity index (χ3v) is 2.81. The molecule has 0 aliphatic carbocycles. The number of unbranched alkanes of at least 4 members (excludes halogenated alkanes) is 1. The molecular formula is C17H30NO4+. The lowest BCUT2D eigenvalue weighted by molar-refractivity contribution is -0.873. The Bertz CT molecular complexity index is 394. The van der Waals surface area contributed by atoms with Crippen molar-refractivity contribution < 1.29 is 23.9 Å². The van der Waals surface area contributed by atoms with Gasteiger partial charge in [0.2, 0.25) is 0 Å². The van der Waals surface area contributed by atoms with Crippen LogP contribution in [-0.2, 0) is 14.3 Å². The molecule has 1 N–H and O–H groups in total. The van der Waals surface area contributed by atoms with E-state index in [1.807, 2.05) is 39.4 Å². The maximum atomic E-state index is 11.8. The second-order valence-corrected chi connectivity index (χ2v) is 6.37. The highest BCUT2D eigenvalue weighted by Crippen LogP contribution is 2.07. The minimum atomic E-state index is -0.952. The van der Waals surface area contributed by atoms with E-state index in [9.17, 15) is 9.59 Å². The fraction of sp³-hybridized carbons (Fsp3) is 0.647. The van der Waals surface area contributed by atoms with E-state index in [0.717, 1.165) is 12.8 Å². The normalized spacial score (nSPS) is 13.6. The number of carboxylic acid groups (broad SMARTS) is 1. The molecule has 0 aromatic carbocycles. The van der Waals surface area contributed by atoms with Crippen molar-refractivity contribution in [2.45, 2.75) is 45.1 Å². The predicted molar refractivity (Wildman–Crippen MR) is 87.5 cm³/mol. The van der Waals surface area contributed by atoms with Crippen molar-refractivity contribution >= 4 is 11.9 Å². The highest BCUT2D eigenvalue weighted by Gasteiger charge is 2.24. The number of carboxylic acids is 1. The summed E-state index contributed by atoms with van der Waals surface area (Å²) in [6.45, 7) is 2.60. The number of quaternary nitrogens is 1. The number of ether oxygens (including phenoxy) is 1. The monoisotopic (exact) mass is 312 g/mol. The van der Waals surface area contributed by atoms with Gasteiger partial charge in [-0.1, -0.05) is 37.6 Å². The van der Waals surface area contributed by atoms with E-state index in [4.69, 9.17) is 9.84 Å². The molecular weight excluding hydrogens is 282 g/mol. The Balaban J connectivity index is 4.19. The zero-order chi connectivity index (χ0) is 17.0. The van der Waals surface area contributed by atoms with Gasteiger partial charge in [-0.2, -0.15) is 0 Å². The van der Waals surface area contributed by atoms with Crippen molar-refractivity contribution in [1.29, 1.82) is 0 Å². The molecule has 0 spiro atoms. The van der Waals surface area contributed by atoms with Gasteiger partial charge in [-0.15, -0.1) is 0 Å². The number of carbonyl (C=O) groups excluding carboxylic acids is 1. The first kappa shape index (κ1) is 20.4. The van der Waals surface area contributed by atoms with Crippen LogP contribution >= 0.6 is 0 Å². The lowest BCUT2D eigenvalue weighted by Gasteiger charge is -2.28. The van der Waals surface area contributed by atoms with Crippen LogP contribution in [0.15, 0.2) is 24.3 Å². The molecule has 1 unspecified atom stereocenters. The summed E-state index contributed by atoms with van der Waals surface area (Å²) >= 11 is 0. The molecule has 0 amide bonds. The maximum absolute atomic E-state index is 11.8. The van der Waals surface area contributed by atoms with E-state index in [1.54, 1.807) is 0 Å². The van der Waals surface area contributed by atoms with Crippen molar-refractivity contribution in [2.75, 3.05) is 27.7 Å². The second-order valence-electron chi connectivity index (χ2n) is 6.37. The van der Waals surface area contributed by atoms with E-state index in [0.29, 0.717) is 17.4 Å². The summed E-state index contributed by atoms with van der Waals surface area (Å²) in [6.07, 6.45) is 10.2. The Morgan fingerprint density at radius 2 is 1.73 bits per heavy atom. The average Bonchev–Trinajstić information content (AvgIpc) is 2.34. The van der Waals surface area contributed by atoms with Gasteiger partial charge >= 0.3 is 11.9 Å². The fourth-order valence-corrected chi connectivity index (χ4v) is 1.91. The fourth-order valence-electron chi connectivity index (χ4n) is 1.91. The van der Waals surface area contributed by atoms with Crippen LogP contribution in [0.2, 0.25) is 0 Å². The number of allylic oxidation sites excluding steroid dienone is 4. The van der Waals surface area contributed by atoms with Gasteiger partial charge in [0, 0.05) is 6.42 Å². The van der Waals surface area contributed by atoms with Crippen LogP contribution in [0.1, 0.15) is 39.0 Å². The Morgan fingerprint density at radius 3 is 2.23 bits per heavy atom. The Kier molecular flexibility index (Phi) is 10.2. The van der Waals surface area contributed by atoms with Gasteiger partial charge in [0.05, 0.1) is 27.6 Å². The first-order valence-electron chi connectivity index (χ1n) is 7.78. The van der Waals surface area contributed by atoms with E-state index >= 15 is 0 Å². The van der Waals surface area contributed by atoms with Crippen LogP contribution in [0.5, 0.6) is 0 Å². The summed E-state index contributed by atoms with van der Waals surface area (Å²) in [5.41, 5.74) is 0. The summed E-state index contributed by atoms with van der Waals surface area (Å²) in [4.78, 5) is 22.6. The zero-order valence-corrected chi connectivity index (χ0v) is 14.2. The molecule has 22 heavy (non-hydrogen) atoms. The first-order valence-corrected chi connectivity index (χ1v) is 7.78. The summed E-state index contributed by atoms with van der Waals surface area (Å²) in [7, 11) is 5.82. The number of esters is 1. The third kappa shape index (κ3) is 13.4. The molecule has 126 valence electrons. The van der Waals surface area contributed by atoms with Gasteiger partial charge in [-0.05, 0) is 12.8 Å². The topological polar surface area (TPSA) is 63.6 Å². The number of nitrogens with zero attached hydrogens (tertiary/aromatic N) is 1. The smallest absolute Gasteiger partial charge is 0.307 e. The molecule has 0 aromatic heterocycles. The highest BCUT2D eigenvalue weighted by molar-refractivity contribution is 5.71. The maximum Gasteiger partial charge on any atom is 0.307 e. The van der Waals surface area contributed by atoms with E-state index in [1.165, 1.54) is 0 Å². The number of hydrogen-bond donors (Lipinski definition) is 1. The van der Waals surface area contributed by atoms with E-state index < -0.39 is 12.1 Å².